The predicted octanol–water partition coefficient (Wildman–Crippen LogP) is 3.57. The van der Waals surface area contributed by atoms with Crippen LogP contribution in [0.1, 0.15) is 57.0 Å². The fraction of sp³-hybridized carbons (Fsp3) is 0.444. The normalized spacial score (nSPS) is 15.3. The lowest BCUT2D eigenvalue weighted by atomic mass is 10.1. The van der Waals surface area contributed by atoms with Crippen molar-refractivity contribution in [2.24, 2.45) is 11.8 Å². The second-order valence-electron chi connectivity index (χ2n) is 9.73. The molecule has 0 saturated carbocycles. The standard InChI is InChI=1S/C27H32N6O3/c1-16(2)26(34)30-24-23-22(8-7-19-11-18(5)12-21(13-19)36-6)31-33(25(23)29-15-28-24)20-9-10-32(14-20)27(35)17(3)4/h11-13,15-17,20H,9-10,14H2,1-6H3,(H,28,29,30,34)/t20-/m0/s1. The van der Waals surface area contributed by atoms with Crippen LogP contribution in [-0.2, 0) is 9.59 Å². The van der Waals surface area contributed by atoms with Crippen molar-refractivity contribution in [2.75, 3.05) is 25.5 Å². The number of anilines is 1. The van der Waals surface area contributed by atoms with Crippen LogP contribution < -0.4 is 10.1 Å². The molecule has 1 fully saturated rings. The van der Waals surface area contributed by atoms with Gasteiger partial charge < -0.3 is 15.0 Å². The largest absolute Gasteiger partial charge is 0.497 e. The molecule has 36 heavy (non-hydrogen) atoms. The Balaban J connectivity index is 1.80. The van der Waals surface area contributed by atoms with E-state index in [-0.39, 0.29) is 29.7 Å². The van der Waals surface area contributed by atoms with Crippen molar-refractivity contribution in [3.8, 4) is 17.6 Å². The van der Waals surface area contributed by atoms with Crippen molar-refractivity contribution in [3.05, 3.63) is 41.3 Å². The van der Waals surface area contributed by atoms with Crippen LogP contribution in [-0.4, -0.2) is 56.7 Å². The number of amides is 2. The number of aromatic nitrogens is 4. The van der Waals surface area contributed by atoms with E-state index in [9.17, 15) is 9.59 Å². The van der Waals surface area contributed by atoms with E-state index in [1.807, 2.05) is 62.4 Å². The minimum Gasteiger partial charge on any atom is -0.497 e. The van der Waals surface area contributed by atoms with E-state index in [0.29, 0.717) is 35.6 Å². The van der Waals surface area contributed by atoms with Crippen molar-refractivity contribution < 1.29 is 14.3 Å². The Labute approximate surface area is 211 Å². The van der Waals surface area contributed by atoms with Gasteiger partial charge in [0.25, 0.3) is 0 Å². The Bertz CT molecular complexity index is 1370. The van der Waals surface area contributed by atoms with Gasteiger partial charge in [0.1, 0.15) is 23.6 Å². The number of rotatable bonds is 5. The molecule has 1 aliphatic rings. The Hall–Kier alpha value is -3.93. The Morgan fingerprint density at radius 2 is 1.89 bits per heavy atom. The number of nitrogens with one attached hydrogen (secondary N) is 1. The molecular weight excluding hydrogens is 456 g/mol. The highest BCUT2D eigenvalue weighted by Gasteiger charge is 2.31. The van der Waals surface area contributed by atoms with Gasteiger partial charge in [0.05, 0.1) is 18.5 Å². The molecule has 188 valence electrons. The lowest BCUT2D eigenvalue weighted by Gasteiger charge is -2.18. The fourth-order valence-electron chi connectivity index (χ4n) is 4.25. The maximum absolute atomic E-state index is 12.6. The summed E-state index contributed by atoms with van der Waals surface area (Å²) in [6.45, 7) is 10.6. The third kappa shape index (κ3) is 5.18. The van der Waals surface area contributed by atoms with Gasteiger partial charge in [-0.3, -0.25) is 9.59 Å². The lowest BCUT2D eigenvalue weighted by molar-refractivity contribution is -0.133. The highest BCUT2D eigenvalue weighted by atomic mass is 16.5. The van der Waals surface area contributed by atoms with Gasteiger partial charge in [-0.15, -0.1) is 0 Å². The van der Waals surface area contributed by atoms with E-state index >= 15 is 0 Å². The van der Waals surface area contributed by atoms with Gasteiger partial charge in [0.2, 0.25) is 11.8 Å². The van der Waals surface area contributed by atoms with Gasteiger partial charge >= 0.3 is 0 Å². The summed E-state index contributed by atoms with van der Waals surface area (Å²) < 4.78 is 7.20. The molecular formula is C27H32N6O3. The first-order valence-electron chi connectivity index (χ1n) is 12.2. The number of hydrogen-bond donors (Lipinski definition) is 1. The van der Waals surface area contributed by atoms with E-state index in [1.54, 1.807) is 7.11 Å². The van der Waals surface area contributed by atoms with E-state index in [1.165, 1.54) is 6.33 Å². The van der Waals surface area contributed by atoms with Crippen LogP contribution in [0.4, 0.5) is 5.82 Å². The number of aryl methyl sites for hydroxylation is 1. The van der Waals surface area contributed by atoms with E-state index in [4.69, 9.17) is 9.84 Å². The molecule has 1 aromatic carbocycles. The van der Waals surface area contributed by atoms with Gasteiger partial charge in [0, 0.05) is 30.5 Å². The molecule has 4 rings (SSSR count). The molecule has 2 aromatic heterocycles. The molecule has 2 amide bonds. The zero-order valence-corrected chi connectivity index (χ0v) is 21.6. The van der Waals surface area contributed by atoms with E-state index in [0.717, 1.165) is 23.3 Å². The monoisotopic (exact) mass is 488 g/mol. The molecule has 3 heterocycles. The topological polar surface area (TPSA) is 102 Å². The quantitative estimate of drug-likeness (QED) is 0.551. The zero-order valence-electron chi connectivity index (χ0n) is 21.6. The van der Waals surface area contributed by atoms with Crippen LogP contribution in [0.25, 0.3) is 11.0 Å². The molecule has 9 heteroatoms. The van der Waals surface area contributed by atoms with Crippen LogP contribution in [0.3, 0.4) is 0 Å². The van der Waals surface area contributed by atoms with Crippen LogP contribution in [0.5, 0.6) is 5.75 Å². The number of nitrogens with zero attached hydrogens (tertiary/aromatic N) is 5. The van der Waals surface area contributed by atoms with Gasteiger partial charge in [-0.1, -0.05) is 33.6 Å². The van der Waals surface area contributed by atoms with Crippen molar-refractivity contribution in [1.29, 1.82) is 0 Å². The predicted molar refractivity (Wildman–Crippen MR) is 138 cm³/mol. The first-order valence-corrected chi connectivity index (χ1v) is 12.2. The number of benzene rings is 1. The second kappa shape index (κ2) is 10.4. The summed E-state index contributed by atoms with van der Waals surface area (Å²) in [7, 11) is 1.62. The van der Waals surface area contributed by atoms with Crippen LogP contribution in [0, 0.1) is 30.6 Å². The third-order valence-electron chi connectivity index (χ3n) is 6.18. The smallest absolute Gasteiger partial charge is 0.228 e. The van der Waals surface area contributed by atoms with Crippen molar-refractivity contribution in [3.63, 3.8) is 0 Å². The number of carbonyl (C=O) groups is 2. The van der Waals surface area contributed by atoms with Gasteiger partial charge in [-0.2, -0.15) is 5.10 Å². The number of carbonyl (C=O) groups excluding carboxylic acids is 2. The first kappa shape index (κ1) is 25.2. The van der Waals surface area contributed by atoms with Crippen LogP contribution in [0.15, 0.2) is 24.5 Å². The number of ether oxygens (including phenoxy) is 1. The summed E-state index contributed by atoms with van der Waals surface area (Å²) in [5.41, 5.74) is 2.87. The Morgan fingerprint density at radius 1 is 1.11 bits per heavy atom. The highest BCUT2D eigenvalue weighted by molar-refractivity contribution is 6.01. The molecule has 0 radical (unpaired) electrons. The molecule has 1 aliphatic heterocycles. The Morgan fingerprint density at radius 3 is 2.58 bits per heavy atom. The fourth-order valence-corrected chi connectivity index (χ4v) is 4.25. The van der Waals surface area contributed by atoms with Crippen molar-refractivity contribution in [1.82, 2.24) is 24.6 Å². The van der Waals surface area contributed by atoms with Gasteiger partial charge in [0.15, 0.2) is 5.65 Å². The van der Waals surface area contributed by atoms with Crippen LogP contribution >= 0.6 is 0 Å². The molecule has 0 aliphatic carbocycles. The molecule has 9 nitrogen and oxygen atoms in total. The van der Waals surface area contributed by atoms with E-state index < -0.39 is 0 Å². The summed E-state index contributed by atoms with van der Waals surface area (Å²) in [6, 6.07) is 5.73. The summed E-state index contributed by atoms with van der Waals surface area (Å²) in [4.78, 5) is 35.8. The van der Waals surface area contributed by atoms with Crippen LogP contribution in [0.2, 0.25) is 0 Å². The minimum atomic E-state index is -0.218. The molecule has 1 saturated heterocycles. The molecule has 3 aromatic rings. The summed E-state index contributed by atoms with van der Waals surface area (Å²) in [5, 5.41) is 8.31. The highest BCUT2D eigenvalue weighted by Crippen LogP contribution is 2.30. The number of fused-ring (bicyclic) bond motifs is 1. The summed E-state index contributed by atoms with van der Waals surface area (Å²) in [5.74, 6) is 7.15. The van der Waals surface area contributed by atoms with Crippen molar-refractivity contribution >= 4 is 28.7 Å². The average molecular weight is 489 g/mol. The summed E-state index contributed by atoms with van der Waals surface area (Å²) >= 11 is 0. The number of likely N-dealkylation sites (tertiary alicyclic amines) is 1. The first-order chi connectivity index (χ1) is 17.2. The zero-order chi connectivity index (χ0) is 26.0. The molecule has 1 atom stereocenters. The molecule has 0 bridgehead atoms. The average Bonchev–Trinajstić information content (AvgIpc) is 3.47. The second-order valence-corrected chi connectivity index (χ2v) is 9.73. The lowest BCUT2D eigenvalue weighted by Crippen LogP contribution is -2.32. The summed E-state index contributed by atoms with van der Waals surface area (Å²) in [6.07, 6.45) is 2.18. The molecule has 0 spiro atoms. The maximum atomic E-state index is 12.6. The molecule has 0 unspecified atom stereocenters. The third-order valence-corrected chi connectivity index (χ3v) is 6.18. The van der Waals surface area contributed by atoms with Gasteiger partial charge in [-0.25, -0.2) is 14.6 Å². The SMILES string of the molecule is COc1cc(C)cc(C#Cc2nn([C@H]3CCN(C(=O)C(C)C)C3)c3ncnc(NC(=O)C(C)C)c23)c1. The number of methoxy groups -OCH3 is 1. The van der Waals surface area contributed by atoms with Crippen molar-refractivity contribution in [2.45, 2.75) is 47.1 Å². The van der Waals surface area contributed by atoms with E-state index in [2.05, 4.69) is 27.1 Å². The Kier molecular flexibility index (Phi) is 7.25. The van der Waals surface area contributed by atoms with Gasteiger partial charge in [-0.05, 0) is 43.0 Å². The maximum Gasteiger partial charge on any atom is 0.228 e. The minimum absolute atomic E-state index is 0.0478. The number of hydrogen-bond acceptors (Lipinski definition) is 6. The molecule has 1 N–H and O–H groups in total.